The molecule has 2 unspecified atom stereocenters. The zero-order valence-corrected chi connectivity index (χ0v) is 12.2. The summed E-state index contributed by atoms with van der Waals surface area (Å²) in [7, 11) is -2.96. The molecule has 1 aromatic rings. The van der Waals surface area contributed by atoms with E-state index in [1.54, 1.807) is 0 Å². The maximum atomic E-state index is 13.7. The third-order valence-electron chi connectivity index (χ3n) is 3.76. The van der Waals surface area contributed by atoms with Crippen molar-refractivity contribution in [1.29, 1.82) is 0 Å². The Morgan fingerprint density at radius 2 is 2.15 bits per heavy atom. The fourth-order valence-electron chi connectivity index (χ4n) is 2.73. The smallest absolute Gasteiger partial charge is 0.150 e. The standard InChI is InChI=1S/C14H19F2NO2S/c1-2-17-14(11-5-6-20(18,19)9-11)7-10-3-4-12(15)8-13(10)16/h3-4,8,11,14,17H,2,5-7,9H2,1H3. The molecule has 0 amide bonds. The predicted molar refractivity (Wildman–Crippen MR) is 74.3 cm³/mol. The second-order valence-corrected chi connectivity index (χ2v) is 7.50. The maximum absolute atomic E-state index is 13.7. The van der Waals surface area contributed by atoms with E-state index in [1.165, 1.54) is 12.1 Å². The molecule has 0 aromatic heterocycles. The summed E-state index contributed by atoms with van der Waals surface area (Å²) >= 11 is 0. The van der Waals surface area contributed by atoms with Gasteiger partial charge in [0.2, 0.25) is 0 Å². The monoisotopic (exact) mass is 303 g/mol. The molecule has 0 bridgehead atoms. The molecule has 1 aliphatic rings. The van der Waals surface area contributed by atoms with Crippen molar-refractivity contribution in [2.24, 2.45) is 5.92 Å². The van der Waals surface area contributed by atoms with Crippen LogP contribution in [0.15, 0.2) is 18.2 Å². The fourth-order valence-corrected chi connectivity index (χ4v) is 4.61. The molecule has 6 heteroatoms. The van der Waals surface area contributed by atoms with E-state index >= 15 is 0 Å². The quantitative estimate of drug-likeness (QED) is 0.904. The summed E-state index contributed by atoms with van der Waals surface area (Å²) in [5, 5.41) is 3.23. The molecule has 0 saturated carbocycles. The average Bonchev–Trinajstić information content (AvgIpc) is 2.72. The minimum absolute atomic E-state index is 0.00981. The molecular weight excluding hydrogens is 284 g/mol. The molecule has 2 atom stereocenters. The molecule has 1 fully saturated rings. The largest absolute Gasteiger partial charge is 0.314 e. The van der Waals surface area contributed by atoms with Crippen LogP contribution in [0.5, 0.6) is 0 Å². The third kappa shape index (κ3) is 3.76. The number of sulfone groups is 1. The van der Waals surface area contributed by atoms with E-state index in [1.807, 2.05) is 6.92 Å². The number of nitrogens with one attached hydrogen (secondary N) is 1. The van der Waals surface area contributed by atoms with Gasteiger partial charge in [0.05, 0.1) is 11.5 Å². The summed E-state index contributed by atoms with van der Waals surface area (Å²) in [6, 6.07) is 3.42. The third-order valence-corrected chi connectivity index (χ3v) is 5.55. The van der Waals surface area contributed by atoms with Gasteiger partial charge in [-0.1, -0.05) is 13.0 Å². The first kappa shape index (κ1) is 15.4. The van der Waals surface area contributed by atoms with E-state index in [0.717, 1.165) is 6.07 Å². The molecule has 1 N–H and O–H groups in total. The number of rotatable bonds is 5. The topological polar surface area (TPSA) is 46.2 Å². The number of halogens is 2. The van der Waals surface area contributed by atoms with Crippen molar-refractivity contribution in [3.8, 4) is 0 Å². The summed E-state index contributed by atoms with van der Waals surface area (Å²) in [6.07, 6.45) is 0.975. The van der Waals surface area contributed by atoms with Crippen LogP contribution < -0.4 is 5.32 Å². The van der Waals surface area contributed by atoms with Crippen molar-refractivity contribution in [3.05, 3.63) is 35.4 Å². The van der Waals surface area contributed by atoms with Crippen LogP contribution in [0.1, 0.15) is 18.9 Å². The van der Waals surface area contributed by atoms with Gasteiger partial charge in [0.25, 0.3) is 0 Å². The molecular formula is C14H19F2NO2S. The molecule has 1 heterocycles. The van der Waals surface area contributed by atoms with Crippen LogP contribution in [-0.2, 0) is 16.3 Å². The molecule has 0 aliphatic carbocycles. The van der Waals surface area contributed by atoms with Crippen molar-refractivity contribution >= 4 is 9.84 Å². The van der Waals surface area contributed by atoms with Gasteiger partial charge in [0.1, 0.15) is 11.6 Å². The van der Waals surface area contributed by atoms with E-state index in [9.17, 15) is 17.2 Å². The van der Waals surface area contributed by atoms with Crippen molar-refractivity contribution in [2.75, 3.05) is 18.1 Å². The highest BCUT2D eigenvalue weighted by molar-refractivity contribution is 7.91. The number of benzene rings is 1. The van der Waals surface area contributed by atoms with Gasteiger partial charge < -0.3 is 5.32 Å². The Morgan fingerprint density at radius 3 is 2.70 bits per heavy atom. The SMILES string of the molecule is CCNC(Cc1ccc(F)cc1F)C1CCS(=O)(=O)C1. The van der Waals surface area contributed by atoms with Crippen LogP contribution in [0.25, 0.3) is 0 Å². The molecule has 1 aliphatic heterocycles. The summed E-state index contributed by atoms with van der Waals surface area (Å²) in [5.41, 5.74) is 0.418. The highest BCUT2D eigenvalue weighted by Gasteiger charge is 2.33. The van der Waals surface area contributed by atoms with E-state index in [2.05, 4.69) is 5.32 Å². The molecule has 1 aromatic carbocycles. The van der Waals surface area contributed by atoms with Crippen molar-refractivity contribution < 1.29 is 17.2 Å². The predicted octanol–water partition coefficient (Wildman–Crippen LogP) is 1.92. The van der Waals surface area contributed by atoms with Gasteiger partial charge in [-0.2, -0.15) is 0 Å². The van der Waals surface area contributed by atoms with Crippen molar-refractivity contribution in [2.45, 2.75) is 25.8 Å². The van der Waals surface area contributed by atoms with E-state index in [0.29, 0.717) is 24.9 Å². The summed E-state index contributed by atoms with van der Waals surface area (Å²) in [4.78, 5) is 0. The lowest BCUT2D eigenvalue weighted by Crippen LogP contribution is -2.38. The van der Waals surface area contributed by atoms with Gasteiger partial charge in [-0.25, -0.2) is 17.2 Å². The molecule has 3 nitrogen and oxygen atoms in total. The second kappa shape index (κ2) is 6.18. The fraction of sp³-hybridized carbons (Fsp3) is 0.571. The van der Waals surface area contributed by atoms with Crippen LogP contribution in [-0.4, -0.2) is 32.5 Å². The zero-order valence-electron chi connectivity index (χ0n) is 11.4. The van der Waals surface area contributed by atoms with E-state index in [-0.39, 0.29) is 23.5 Å². The Balaban J connectivity index is 2.13. The highest BCUT2D eigenvalue weighted by Crippen LogP contribution is 2.25. The lowest BCUT2D eigenvalue weighted by molar-refractivity contribution is 0.381. The lowest BCUT2D eigenvalue weighted by Gasteiger charge is -2.23. The Kier molecular flexibility index (Phi) is 4.75. The van der Waals surface area contributed by atoms with Crippen LogP contribution in [0, 0.1) is 17.6 Å². The van der Waals surface area contributed by atoms with Gasteiger partial charge in [-0.15, -0.1) is 0 Å². The van der Waals surface area contributed by atoms with Crippen LogP contribution in [0.4, 0.5) is 8.78 Å². The first-order chi connectivity index (χ1) is 9.41. The highest BCUT2D eigenvalue weighted by atomic mass is 32.2. The van der Waals surface area contributed by atoms with Gasteiger partial charge in [-0.05, 0) is 36.9 Å². The number of hydrogen-bond acceptors (Lipinski definition) is 3. The van der Waals surface area contributed by atoms with Gasteiger partial charge >= 0.3 is 0 Å². The van der Waals surface area contributed by atoms with E-state index < -0.39 is 21.5 Å². The molecule has 112 valence electrons. The first-order valence-corrected chi connectivity index (χ1v) is 8.61. The Hall–Kier alpha value is -1.01. The molecule has 20 heavy (non-hydrogen) atoms. The number of hydrogen-bond donors (Lipinski definition) is 1. The van der Waals surface area contributed by atoms with Crippen LogP contribution in [0.3, 0.4) is 0 Å². The molecule has 2 rings (SSSR count). The summed E-state index contributed by atoms with van der Waals surface area (Å²) in [6.45, 7) is 2.61. The van der Waals surface area contributed by atoms with Crippen LogP contribution in [0.2, 0.25) is 0 Å². The van der Waals surface area contributed by atoms with Crippen molar-refractivity contribution in [1.82, 2.24) is 5.32 Å². The Morgan fingerprint density at radius 1 is 1.40 bits per heavy atom. The normalized spacial score (nSPS) is 22.9. The lowest BCUT2D eigenvalue weighted by atomic mass is 9.92. The molecule has 1 saturated heterocycles. The second-order valence-electron chi connectivity index (χ2n) is 5.27. The van der Waals surface area contributed by atoms with Gasteiger partial charge in [-0.3, -0.25) is 0 Å². The van der Waals surface area contributed by atoms with Gasteiger partial charge in [0.15, 0.2) is 9.84 Å². The van der Waals surface area contributed by atoms with Crippen molar-refractivity contribution in [3.63, 3.8) is 0 Å². The zero-order chi connectivity index (χ0) is 14.8. The number of likely N-dealkylation sites (N-methyl/N-ethyl adjacent to an activating group) is 1. The Labute approximate surface area is 118 Å². The van der Waals surface area contributed by atoms with Crippen LogP contribution >= 0.6 is 0 Å². The minimum atomic E-state index is -2.96. The van der Waals surface area contributed by atoms with E-state index in [4.69, 9.17) is 0 Å². The maximum Gasteiger partial charge on any atom is 0.150 e. The average molecular weight is 303 g/mol. The first-order valence-electron chi connectivity index (χ1n) is 6.79. The summed E-state index contributed by atoms with van der Waals surface area (Å²) in [5.74, 6) is -0.841. The molecule has 0 radical (unpaired) electrons. The van der Waals surface area contributed by atoms with Gasteiger partial charge in [0, 0.05) is 12.1 Å². The summed E-state index contributed by atoms with van der Waals surface area (Å²) < 4.78 is 49.7. The Bertz CT molecular complexity index is 575. The minimum Gasteiger partial charge on any atom is -0.314 e. The molecule has 0 spiro atoms.